The van der Waals surface area contributed by atoms with Gasteiger partial charge in [0.1, 0.15) is 5.75 Å². The van der Waals surface area contributed by atoms with Crippen LogP contribution >= 0.6 is 11.3 Å². The van der Waals surface area contributed by atoms with Gasteiger partial charge in [0.05, 0.1) is 35.1 Å². The number of aromatic nitrogens is 1. The Hall–Kier alpha value is -3.15. The number of ether oxygens (including phenoxy) is 2. The van der Waals surface area contributed by atoms with Crippen LogP contribution in [0.25, 0.3) is 10.2 Å². The molecule has 1 amide bonds. The second kappa shape index (κ2) is 8.47. The molecule has 2 aromatic carbocycles. The van der Waals surface area contributed by atoms with E-state index in [1.165, 1.54) is 0 Å². The van der Waals surface area contributed by atoms with Crippen LogP contribution in [0, 0.1) is 11.3 Å². The molecule has 1 aliphatic rings. The first-order chi connectivity index (χ1) is 14.1. The van der Waals surface area contributed by atoms with Crippen LogP contribution in [0.2, 0.25) is 0 Å². The standard InChI is InChI=1S/C21H20N4O3S/c1-14(28-17-5-2-15(13-22)3-6-17)20(26)23-16-4-7-18-19(12-16)29-21(24-18)25-8-10-27-11-9-25/h2-7,12,14H,8-11H2,1H3,(H,23,26). The van der Waals surface area contributed by atoms with E-state index in [0.717, 1.165) is 28.4 Å². The molecule has 0 spiro atoms. The minimum atomic E-state index is -0.677. The lowest BCUT2D eigenvalue weighted by Gasteiger charge is -2.25. The Morgan fingerprint density at radius 1 is 1.28 bits per heavy atom. The Kier molecular flexibility index (Phi) is 5.60. The van der Waals surface area contributed by atoms with Gasteiger partial charge in [0.15, 0.2) is 11.2 Å². The highest BCUT2D eigenvalue weighted by atomic mass is 32.1. The van der Waals surface area contributed by atoms with Crippen LogP contribution in [-0.4, -0.2) is 43.3 Å². The predicted molar refractivity (Wildman–Crippen MR) is 113 cm³/mol. The zero-order valence-corrected chi connectivity index (χ0v) is 16.7. The van der Waals surface area contributed by atoms with Gasteiger partial charge in [0, 0.05) is 18.8 Å². The van der Waals surface area contributed by atoms with E-state index >= 15 is 0 Å². The van der Waals surface area contributed by atoms with Gasteiger partial charge in [-0.05, 0) is 49.4 Å². The van der Waals surface area contributed by atoms with Crippen molar-refractivity contribution in [1.29, 1.82) is 5.26 Å². The maximum absolute atomic E-state index is 12.5. The highest BCUT2D eigenvalue weighted by molar-refractivity contribution is 7.22. The quantitative estimate of drug-likeness (QED) is 0.696. The molecule has 7 nitrogen and oxygen atoms in total. The molecule has 1 fully saturated rings. The van der Waals surface area contributed by atoms with E-state index in [0.29, 0.717) is 30.2 Å². The van der Waals surface area contributed by atoms with E-state index in [-0.39, 0.29) is 5.91 Å². The molecule has 4 rings (SSSR count). The van der Waals surface area contributed by atoms with Crippen molar-refractivity contribution in [3.8, 4) is 11.8 Å². The number of carbonyl (C=O) groups is 1. The van der Waals surface area contributed by atoms with Crippen LogP contribution in [0.1, 0.15) is 12.5 Å². The summed E-state index contributed by atoms with van der Waals surface area (Å²) in [6.07, 6.45) is -0.677. The van der Waals surface area contributed by atoms with E-state index in [9.17, 15) is 4.79 Å². The summed E-state index contributed by atoms with van der Waals surface area (Å²) >= 11 is 1.61. The largest absolute Gasteiger partial charge is 0.481 e. The van der Waals surface area contributed by atoms with E-state index < -0.39 is 6.10 Å². The van der Waals surface area contributed by atoms with Crippen molar-refractivity contribution in [2.24, 2.45) is 0 Å². The molecule has 3 aromatic rings. The van der Waals surface area contributed by atoms with Crippen molar-refractivity contribution < 1.29 is 14.3 Å². The molecular formula is C21H20N4O3S. The average Bonchev–Trinajstić information content (AvgIpc) is 3.18. The minimum absolute atomic E-state index is 0.244. The molecule has 0 radical (unpaired) electrons. The second-order valence-corrected chi connectivity index (χ2v) is 7.67. The third-order valence-electron chi connectivity index (χ3n) is 4.59. The summed E-state index contributed by atoms with van der Waals surface area (Å²) in [5, 5.41) is 12.7. The number of amides is 1. The fraction of sp³-hybridized carbons (Fsp3) is 0.286. The van der Waals surface area contributed by atoms with Gasteiger partial charge in [-0.3, -0.25) is 4.79 Å². The van der Waals surface area contributed by atoms with Gasteiger partial charge in [-0.1, -0.05) is 11.3 Å². The number of rotatable bonds is 5. The second-order valence-electron chi connectivity index (χ2n) is 6.66. The number of morpholine rings is 1. The lowest BCUT2D eigenvalue weighted by molar-refractivity contribution is -0.122. The first-order valence-corrected chi connectivity index (χ1v) is 10.1. The third-order valence-corrected chi connectivity index (χ3v) is 5.67. The summed E-state index contributed by atoms with van der Waals surface area (Å²) in [5.41, 5.74) is 2.16. The van der Waals surface area contributed by atoms with Gasteiger partial charge in [-0.15, -0.1) is 0 Å². The molecule has 0 saturated carbocycles. The van der Waals surface area contributed by atoms with Gasteiger partial charge in [0.2, 0.25) is 0 Å². The Morgan fingerprint density at radius 2 is 2.03 bits per heavy atom. The highest BCUT2D eigenvalue weighted by Crippen LogP contribution is 2.31. The van der Waals surface area contributed by atoms with E-state index in [4.69, 9.17) is 19.7 Å². The van der Waals surface area contributed by atoms with Crippen LogP contribution in [0.4, 0.5) is 10.8 Å². The lowest BCUT2D eigenvalue weighted by Crippen LogP contribution is -2.36. The molecule has 2 heterocycles. The molecular weight excluding hydrogens is 388 g/mol. The Bertz CT molecular complexity index is 1050. The molecule has 148 valence electrons. The fourth-order valence-corrected chi connectivity index (χ4v) is 4.05. The van der Waals surface area contributed by atoms with Crippen LogP contribution < -0.4 is 15.0 Å². The molecule has 1 atom stereocenters. The molecule has 0 bridgehead atoms. The van der Waals surface area contributed by atoms with Crippen LogP contribution in [0.5, 0.6) is 5.75 Å². The van der Waals surface area contributed by atoms with Gasteiger partial charge in [-0.25, -0.2) is 4.98 Å². The molecule has 29 heavy (non-hydrogen) atoms. The topological polar surface area (TPSA) is 87.5 Å². The third kappa shape index (κ3) is 4.47. The van der Waals surface area contributed by atoms with Crippen molar-refractivity contribution in [3.63, 3.8) is 0 Å². The summed E-state index contributed by atoms with van der Waals surface area (Å²) in [6, 6.07) is 14.4. The minimum Gasteiger partial charge on any atom is -0.481 e. The summed E-state index contributed by atoms with van der Waals surface area (Å²) in [6.45, 7) is 4.80. The first-order valence-electron chi connectivity index (χ1n) is 9.33. The lowest BCUT2D eigenvalue weighted by atomic mass is 10.2. The molecule has 0 aliphatic carbocycles. The summed E-state index contributed by atoms with van der Waals surface area (Å²) in [5.74, 6) is 0.298. The SMILES string of the molecule is CC(Oc1ccc(C#N)cc1)C(=O)Nc1ccc2nc(N3CCOCC3)sc2c1. The normalized spacial score (nSPS) is 15.0. The number of hydrogen-bond donors (Lipinski definition) is 1. The van der Waals surface area contributed by atoms with Crippen molar-refractivity contribution >= 4 is 38.3 Å². The maximum Gasteiger partial charge on any atom is 0.265 e. The Labute approximate surface area is 172 Å². The van der Waals surface area contributed by atoms with Crippen molar-refractivity contribution in [2.45, 2.75) is 13.0 Å². The molecule has 8 heteroatoms. The summed E-state index contributed by atoms with van der Waals surface area (Å²) in [7, 11) is 0. The van der Waals surface area contributed by atoms with Crippen LogP contribution in [0.3, 0.4) is 0 Å². The van der Waals surface area contributed by atoms with Gasteiger partial charge in [-0.2, -0.15) is 5.26 Å². The monoisotopic (exact) mass is 408 g/mol. The average molecular weight is 408 g/mol. The van der Waals surface area contributed by atoms with Crippen LogP contribution in [0.15, 0.2) is 42.5 Å². The number of anilines is 2. The van der Waals surface area contributed by atoms with Crippen molar-refractivity contribution in [1.82, 2.24) is 4.98 Å². The number of nitrogens with zero attached hydrogens (tertiary/aromatic N) is 3. The molecule has 1 aliphatic heterocycles. The number of fused-ring (bicyclic) bond motifs is 1. The highest BCUT2D eigenvalue weighted by Gasteiger charge is 2.17. The Morgan fingerprint density at radius 3 is 2.76 bits per heavy atom. The fourth-order valence-electron chi connectivity index (χ4n) is 2.99. The molecule has 1 aromatic heterocycles. The summed E-state index contributed by atoms with van der Waals surface area (Å²) in [4.78, 5) is 19.4. The Balaban J connectivity index is 1.42. The number of hydrogen-bond acceptors (Lipinski definition) is 7. The molecule has 1 N–H and O–H groups in total. The van der Waals surface area contributed by atoms with Gasteiger partial charge in [0.25, 0.3) is 5.91 Å². The zero-order valence-electron chi connectivity index (χ0n) is 15.9. The van der Waals surface area contributed by atoms with Crippen molar-refractivity contribution in [3.05, 3.63) is 48.0 Å². The number of carbonyl (C=O) groups excluding carboxylic acids is 1. The number of benzene rings is 2. The van der Waals surface area contributed by atoms with E-state index in [1.54, 1.807) is 42.5 Å². The number of nitriles is 1. The number of nitrogens with one attached hydrogen (secondary N) is 1. The van der Waals surface area contributed by atoms with Gasteiger partial charge >= 0.3 is 0 Å². The zero-order chi connectivity index (χ0) is 20.2. The van der Waals surface area contributed by atoms with E-state index in [1.807, 2.05) is 18.2 Å². The first kappa shape index (κ1) is 19.2. The maximum atomic E-state index is 12.5. The van der Waals surface area contributed by atoms with Crippen LogP contribution in [-0.2, 0) is 9.53 Å². The molecule has 1 saturated heterocycles. The smallest absolute Gasteiger partial charge is 0.265 e. The number of thiazole rings is 1. The van der Waals surface area contributed by atoms with E-state index in [2.05, 4.69) is 16.3 Å². The summed E-state index contributed by atoms with van der Waals surface area (Å²) < 4.78 is 12.1. The predicted octanol–water partition coefficient (Wildman–Crippen LogP) is 3.41. The van der Waals surface area contributed by atoms with Crippen molar-refractivity contribution in [2.75, 3.05) is 36.5 Å². The van der Waals surface area contributed by atoms with Gasteiger partial charge < -0.3 is 19.7 Å². The molecule has 1 unspecified atom stereocenters.